The molecule has 0 atom stereocenters. The highest BCUT2D eigenvalue weighted by atomic mass is 16.6. The molecule has 0 spiro atoms. The quantitative estimate of drug-likeness (QED) is 0.490. The minimum absolute atomic E-state index is 0.181. The van der Waals surface area contributed by atoms with E-state index in [4.69, 9.17) is 0 Å². The van der Waals surface area contributed by atoms with E-state index >= 15 is 0 Å². The number of hydrogen-bond donors (Lipinski definition) is 1. The maximum atomic E-state index is 10.7. The number of hydrogen-bond acceptors (Lipinski definition) is 3. The summed E-state index contributed by atoms with van der Waals surface area (Å²) in [5, 5.41) is 14.1. The van der Waals surface area contributed by atoms with Crippen LogP contribution in [-0.4, -0.2) is 11.5 Å². The Morgan fingerprint density at radius 1 is 1.37 bits per heavy atom. The van der Waals surface area contributed by atoms with Crippen molar-refractivity contribution in [3.8, 4) is 0 Å². The van der Waals surface area contributed by atoms with Gasteiger partial charge in [0.2, 0.25) is 0 Å². The molecule has 0 saturated carbocycles. The van der Waals surface area contributed by atoms with Gasteiger partial charge in [-0.25, -0.2) is 0 Å². The molecule has 4 heteroatoms. The summed E-state index contributed by atoms with van der Waals surface area (Å²) in [5.74, 6) is 0. The van der Waals surface area contributed by atoms with Gasteiger partial charge in [0.1, 0.15) is 0 Å². The van der Waals surface area contributed by atoms with Crippen molar-refractivity contribution in [2.45, 2.75) is 39.0 Å². The molecule has 1 aliphatic carbocycles. The number of nitro benzene ring substituents is 1. The Morgan fingerprint density at radius 2 is 2.21 bits per heavy atom. The van der Waals surface area contributed by atoms with Crippen LogP contribution >= 0.6 is 0 Å². The number of benzene rings is 1. The van der Waals surface area contributed by atoms with Gasteiger partial charge in [-0.1, -0.05) is 11.6 Å². The molecule has 0 bridgehead atoms. The summed E-state index contributed by atoms with van der Waals surface area (Å²) in [6.45, 7) is 2.66. The van der Waals surface area contributed by atoms with Gasteiger partial charge in [-0.2, -0.15) is 0 Å². The standard InChI is InChI=1S/C15H20N2O2/c1-12-11-14(7-8-15(12)17(18)19)16-10-9-13-5-3-2-4-6-13/h5,7-8,11,16H,2-4,6,9-10H2,1H3. The lowest BCUT2D eigenvalue weighted by atomic mass is 9.97. The van der Waals surface area contributed by atoms with E-state index in [1.54, 1.807) is 19.1 Å². The van der Waals surface area contributed by atoms with E-state index in [1.807, 2.05) is 6.07 Å². The Bertz CT molecular complexity index is 495. The SMILES string of the molecule is Cc1cc(NCCC2=CCCCC2)ccc1[N+](=O)[O-]. The van der Waals surface area contributed by atoms with Gasteiger partial charge in [-0.15, -0.1) is 0 Å². The summed E-state index contributed by atoms with van der Waals surface area (Å²) < 4.78 is 0. The van der Waals surface area contributed by atoms with Gasteiger partial charge in [0.05, 0.1) is 4.92 Å². The molecule has 1 N–H and O–H groups in total. The van der Waals surface area contributed by atoms with E-state index < -0.39 is 0 Å². The molecule has 102 valence electrons. The molecule has 0 aliphatic heterocycles. The number of nitrogens with zero attached hydrogens (tertiary/aromatic N) is 1. The van der Waals surface area contributed by atoms with Gasteiger partial charge in [-0.3, -0.25) is 10.1 Å². The fourth-order valence-electron chi connectivity index (χ4n) is 2.47. The predicted molar refractivity (Wildman–Crippen MR) is 77.5 cm³/mol. The predicted octanol–water partition coefficient (Wildman–Crippen LogP) is 4.21. The molecule has 2 rings (SSSR count). The number of anilines is 1. The molecule has 0 saturated heterocycles. The Kier molecular flexibility index (Phi) is 4.55. The molecule has 4 nitrogen and oxygen atoms in total. The van der Waals surface area contributed by atoms with Crippen molar-refractivity contribution in [3.63, 3.8) is 0 Å². The first kappa shape index (κ1) is 13.6. The zero-order chi connectivity index (χ0) is 13.7. The fourth-order valence-corrected chi connectivity index (χ4v) is 2.47. The fraction of sp³-hybridized carbons (Fsp3) is 0.467. The first-order valence-corrected chi connectivity index (χ1v) is 6.83. The van der Waals surface area contributed by atoms with Crippen LogP contribution in [0.4, 0.5) is 11.4 Å². The molecule has 0 heterocycles. The maximum Gasteiger partial charge on any atom is 0.272 e. The average molecular weight is 260 g/mol. The zero-order valence-electron chi connectivity index (χ0n) is 11.3. The Hall–Kier alpha value is -1.84. The molecule has 0 unspecified atom stereocenters. The van der Waals surface area contributed by atoms with E-state index in [1.165, 1.54) is 31.3 Å². The molecular formula is C15H20N2O2. The molecule has 0 fully saturated rings. The first-order valence-electron chi connectivity index (χ1n) is 6.83. The van der Waals surface area contributed by atoms with Gasteiger partial charge in [0, 0.05) is 23.9 Å². The second-order valence-corrected chi connectivity index (χ2v) is 5.04. The monoisotopic (exact) mass is 260 g/mol. The van der Waals surface area contributed by atoms with Crippen LogP contribution < -0.4 is 5.32 Å². The van der Waals surface area contributed by atoms with Gasteiger partial charge in [0.15, 0.2) is 0 Å². The van der Waals surface area contributed by atoms with Crippen LogP contribution in [-0.2, 0) is 0 Å². The van der Waals surface area contributed by atoms with E-state index in [0.29, 0.717) is 5.56 Å². The van der Waals surface area contributed by atoms with Crippen LogP contribution in [0.3, 0.4) is 0 Å². The van der Waals surface area contributed by atoms with Crippen molar-refractivity contribution >= 4 is 11.4 Å². The van der Waals surface area contributed by atoms with Crippen LogP contribution in [0.5, 0.6) is 0 Å². The highest BCUT2D eigenvalue weighted by Gasteiger charge is 2.10. The third-order valence-electron chi connectivity index (χ3n) is 3.55. The molecule has 1 aromatic carbocycles. The van der Waals surface area contributed by atoms with Crippen molar-refractivity contribution in [3.05, 3.63) is 45.5 Å². The Labute approximate surface area is 113 Å². The lowest BCUT2D eigenvalue weighted by molar-refractivity contribution is -0.385. The number of nitrogens with one attached hydrogen (secondary N) is 1. The highest BCUT2D eigenvalue weighted by Crippen LogP contribution is 2.23. The first-order chi connectivity index (χ1) is 9.16. The molecule has 0 amide bonds. The number of rotatable bonds is 5. The molecule has 1 aliphatic rings. The average Bonchev–Trinajstić information content (AvgIpc) is 2.39. The summed E-state index contributed by atoms with van der Waals surface area (Å²) in [5.41, 5.74) is 3.38. The minimum Gasteiger partial charge on any atom is -0.385 e. The lowest BCUT2D eigenvalue weighted by Gasteiger charge is -2.13. The Morgan fingerprint density at radius 3 is 2.84 bits per heavy atom. The molecule has 0 aromatic heterocycles. The van der Waals surface area contributed by atoms with Crippen molar-refractivity contribution < 1.29 is 4.92 Å². The van der Waals surface area contributed by atoms with Crippen molar-refractivity contribution in [1.29, 1.82) is 0 Å². The maximum absolute atomic E-state index is 10.7. The highest BCUT2D eigenvalue weighted by molar-refractivity contribution is 5.53. The zero-order valence-corrected chi connectivity index (χ0v) is 11.3. The second-order valence-electron chi connectivity index (χ2n) is 5.04. The van der Waals surface area contributed by atoms with Gasteiger partial charge >= 0.3 is 0 Å². The summed E-state index contributed by atoms with van der Waals surface area (Å²) in [7, 11) is 0. The van der Waals surface area contributed by atoms with Gasteiger partial charge in [0.25, 0.3) is 5.69 Å². The van der Waals surface area contributed by atoms with Crippen LogP contribution in [0.2, 0.25) is 0 Å². The molecule has 19 heavy (non-hydrogen) atoms. The number of nitro groups is 1. The van der Waals surface area contributed by atoms with Crippen molar-refractivity contribution in [2.24, 2.45) is 0 Å². The smallest absolute Gasteiger partial charge is 0.272 e. The van der Waals surface area contributed by atoms with E-state index in [2.05, 4.69) is 11.4 Å². The third kappa shape index (κ3) is 3.81. The van der Waals surface area contributed by atoms with Crippen LogP contribution in [0.25, 0.3) is 0 Å². The third-order valence-corrected chi connectivity index (χ3v) is 3.55. The largest absolute Gasteiger partial charge is 0.385 e. The molecule has 1 aromatic rings. The minimum atomic E-state index is -0.341. The van der Waals surface area contributed by atoms with Crippen molar-refractivity contribution in [1.82, 2.24) is 0 Å². The van der Waals surface area contributed by atoms with Gasteiger partial charge < -0.3 is 5.32 Å². The summed E-state index contributed by atoms with van der Waals surface area (Å²) >= 11 is 0. The van der Waals surface area contributed by atoms with E-state index in [-0.39, 0.29) is 10.6 Å². The topological polar surface area (TPSA) is 55.2 Å². The summed E-state index contributed by atoms with van der Waals surface area (Å²) in [4.78, 5) is 10.4. The van der Waals surface area contributed by atoms with E-state index in [0.717, 1.165) is 18.7 Å². The number of aryl methyl sites for hydroxylation is 1. The van der Waals surface area contributed by atoms with Crippen molar-refractivity contribution in [2.75, 3.05) is 11.9 Å². The molecular weight excluding hydrogens is 240 g/mol. The van der Waals surface area contributed by atoms with E-state index in [9.17, 15) is 10.1 Å². The van der Waals surface area contributed by atoms with Crippen LogP contribution in [0.1, 0.15) is 37.7 Å². The summed E-state index contributed by atoms with van der Waals surface area (Å²) in [6, 6.07) is 5.19. The normalized spacial score (nSPS) is 14.9. The van der Waals surface area contributed by atoms with Crippen LogP contribution in [0, 0.1) is 17.0 Å². The molecule has 0 radical (unpaired) electrons. The lowest BCUT2D eigenvalue weighted by Crippen LogP contribution is -2.05. The second kappa shape index (κ2) is 6.36. The Balaban J connectivity index is 1.87. The number of allylic oxidation sites excluding steroid dienone is 1. The summed E-state index contributed by atoms with van der Waals surface area (Å²) in [6.07, 6.45) is 8.48. The van der Waals surface area contributed by atoms with Crippen LogP contribution in [0.15, 0.2) is 29.8 Å². The van der Waals surface area contributed by atoms with Gasteiger partial charge in [-0.05, 0) is 51.2 Å².